The molecule has 0 bridgehead atoms. The molecule has 0 saturated carbocycles. The molecule has 3 nitrogen and oxygen atoms in total. The van der Waals surface area contributed by atoms with Gasteiger partial charge in [-0.1, -0.05) is 0 Å². The first-order valence-corrected chi connectivity index (χ1v) is 7.47. The number of aliphatic hydroxyl groups excluding tert-OH is 1. The van der Waals surface area contributed by atoms with Gasteiger partial charge in [0.1, 0.15) is 0 Å². The maximum absolute atomic E-state index is 8.94. The van der Waals surface area contributed by atoms with Gasteiger partial charge in [0.05, 0.1) is 7.11 Å². The molecule has 1 atom stereocenters. The van der Waals surface area contributed by atoms with Crippen LogP contribution in [-0.4, -0.2) is 36.9 Å². The summed E-state index contributed by atoms with van der Waals surface area (Å²) in [7, 11) is 1.69. The molecule has 1 aromatic rings. The van der Waals surface area contributed by atoms with E-state index in [1.807, 2.05) is 6.07 Å². The Balaban J connectivity index is 2.35. The third kappa shape index (κ3) is 4.74. The lowest BCUT2D eigenvalue weighted by Crippen LogP contribution is -2.31. The molecule has 0 spiro atoms. The quantitative estimate of drug-likeness (QED) is 0.750. The van der Waals surface area contributed by atoms with Gasteiger partial charge < -0.3 is 15.2 Å². The smallest absolute Gasteiger partial charge is 0.173 e. The van der Waals surface area contributed by atoms with Gasteiger partial charge in [0.15, 0.2) is 5.06 Å². The van der Waals surface area contributed by atoms with Gasteiger partial charge in [-0.15, -0.1) is 11.3 Å². The fourth-order valence-corrected chi connectivity index (χ4v) is 2.87. The number of nitrogens with one attached hydrogen (secondary N) is 1. The summed E-state index contributed by atoms with van der Waals surface area (Å²) >= 11 is 3.46. The number of thiophene rings is 1. The average Bonchev–Trinajstić information content (AvgIpc) is 2.74. The highest BCUT2D eigenvalue weighted by Gasteiger charge is 2.07. The van der Waals surface area contributed by atoms with E-state index in [0.717, 1.165) is 23.8 Å². The van der Waals surface area contributed by atoms with Gasteiger partial charge in [-0.05, 0) is 24.8 Å². The molecule has 0 fully saturated rings. The van der Waals surface area contributed by atoms with Crippen molar-refractivity contribution in [1.82, 2.24) is 5.32 Å². The van der Waals surface area contributed by atoms with Crippen molar-refractivity contribution in [2.75, 3.05) is 25.7 Å². The summed E-state index contributed by atoms with van der Waals surface area (Å²) in [5.41, 5.74) is 0. The lowest BCUT2D eigenvalue weighted by molar-refractivity contribution is 0.270. The second kappa shape index (κ2) is 7.95. The SMILES string of the molecule is COc1ccc(CNC(CCO)CSC)s1. The number of aliphatic hydroxyl groups is 1. The molecule has 16 heavy (non-hydrogen) atoms. The van der Waals surface area contributed by atoms with Gasteiger partial charge in [-0.3, -0.25) is 0 Å². The highest BCUT2D eigenvalue weighted by molar-refractivity contribution is 7.98. The van der Waals surface area contributed by atoms with Crippen LogP contribution in [-0.2, 0) is 6.54 Å². The van der Waals surface area contributed by atoms with Crippen LogP contribution in [0, 0.1) is 0 Å². The van der Waals surface area contributed by atoms with E-state index in [9.17, 15) is 0 Å². The van der Waals surface area contributed by atoms with Crippen molar-refractivity contribution in [2.24, 2.45) is 0 Å². The van der Waals surface area contributed by atoms with Crippen molar-refractivity contribution < 1.29 is 9.84 Å². The van der Waals surface area contributed by atoms with Crippen molar-refractivity contribution >= 4 is 23.1 Å². The van der Waals surface area contributed by atoms with E-state index in [-0.39, 0.29) is 6.61 Å². The zero-order valence-corrected chi connectivity index (χ0v) is 11.4. The second-order valence-corrected chi connectivity index (χ2v) is 5.51. The Labute approximate surface area is 105 Å². The predicted octanol–water partition coefficient (Wildman–Crippen LogP) is 1.96. The first-order chi connectivity index (χ1) is 7.80. The number of hydrogen-bond donors (Lipinski definition) is 2. The summed E-state index contributed by atoms with van der Waals surface area (Å²) in [5.74, 6) is 1.03. The molecule has 92 valence electrons. The van der Waals surface area contributed by atoms with Crippen LogP contribution in [0.2, 0.25) is 0 Å². The number of thioether (sulfide) groups is 1. The summed E-state index contributed by atoms with van der Waals surface area (Å²) in [5, 5.41) is 13.3. The molecule has 1 aromatic heterocycles. The van der Waals surface area contributed by atoms with Gasteiger partial charge in [-0.25, -0.2) is 0 Å². The lowest BCUT2D eigenvalue weighted by atomic mass is 10.2. The summed E-state index contributed by atoms with van der Waals surface area (Å²) in [6.45, 7) is 1.09. The molecule has 2 N–H and O–H groups in total. The number of methoxy groups -OCH3 is 1. The van der Waals surface area contributed by atoms with E-state index >= 15 is 0 Å². The van der Waals surface area contributed by atoms with Crippen molar-refractivity contribution in [3.63, 3.8) is 0 Å². The summed E-state index contributed by atoms with van der Waals surface area (Å²) in [6.07, 6.45) is 2.89. The fourth-order valence-electron chi connectivity index (χ4n) is 1.41. The molecule has 1 heterocycles. The predicted molar refractivity (Wildman–Crippen MR) is 71.6 cm³/mol. The Morgan fingerprint density at radius 1 is 1.56 bits per heavy atom. The zero-order chi connectivity index (χ0) is 11.8. The monoisotopic (exact) mass is 261 g/mol. The minimum Gasteiger partial charge on any atom is -0.487 e. The molecule has 1 rings (SSSR count). The topological polar surface area (TPSA) is 41.5 Å². The average molecular weight is 261 g/mol. The van der Waals surface area contributed by atoms with Gasteiger partial charge in [0.25, 0.3) is 0 Å². The van der Waals surface area contributed by atoms with Crippen LogP contribution in [0.5, 0.6) is 5.06 Å². The summed E-state index contributed by atoms with van der Waals surface area (Å²) in [4.78, 5) is 1.26. The van der Waals surface area contributed by atoms with Crippen LogP contribution in [0.4, 0.5) is 0 Å². The van der Waals surface area contributed by atoms with Crippen LogP contribution < -0.4 is 10.1 Å². The van der Waals surface area contributed by atoms with Crippen molar-refractivity contribution in [1.29, 1.82) is 0 Å². The van der Waals surface area contributed by atoms with Gasteiger partial charge in [0.2, 0.25) is 0 Å². The summed E-state index contributed by atoms with van der Waals surface area (Å²) < 4.78 is 5.14. The first-order valence-electron chi connectivity index (χ1n) is 5.26. The standard InChI is InChI=1S/C11H19NO2S2/c1-14-11-4-3-10(16-11)7-12-9(5-6-13)8-15-2/h3-4,9,12-13H,5-8H2,1-2H3. The molecule has 0 radical (unpaired) electrons. The Morgan fingerprint density at radius 2 is 2.38 bits per heavy atom. The highest BCUT2D eigenvalue weighted by atomic mass is 32.2. The van der Waals surface area contributed by atoms with E-state index < -0.39 is 0 Å². The molecule has 0 aliphatic rings. The number of hydrogen-bond acceptors (Lipinski definition) is 5. The van der Waals surface area contributed by atoms with Gasteiger partial charge in [0, 0.05) is 29.8 Å². The molecule has 1 unspecified atom stereocenters. The Bertz CT molecular complexity index is 285. The molecule has 0 aliphatic carbocycles. The normalized spacial score (nSPS) is 12.7. The zero-order valence-electron chi connectivity index (χ0n) is 9.73. The van der Waals surface area contributed by atoms with E-state index in [1.165, 1.54) is 4.88 Å². The molecular formula is C11H19NO2S2. The number of ether oxygens (including phenoxy) is 1. The fraction of sp³-hybridized carbons (Fsp3) is 0.636. The molecule has 0 amide bonds. The van der Waals surface area contributed by atoms with Gasteiger partial charge in [-0.2, -0.15) is 11.8 Å². The van der Waals surface area contributed by atoms with E-state index in [0.29, 0.717) is 6.04 Å². The van der Waals surface area contributed by atoms with Crippen LogP contribution >= 0.6 is 23.1 Å². The van der Waals surface area contributed by atoms with E-state index in [1.54, 1.807) is 30.2 Å². The largest absolute Gasteiger partial charge is 0.487 e. The van der Waals surface area contributed by atoms with E-state index in [2.05, 4.69) is 17.6 Å². The van der Waals surface area contributed by atoms with Crippen LogP contribution in [0.15, 0.2) is 12.1 Å². The molecule has 5 heteroatoms. The third-order valence-corrected chi connectivity index (χ3v) is 4.03. The van der Waals surface area contributed by atoms with Crippen LogP contribution in [0.3, 0.4) is 0 Å². The maximum Gasteiger partial charge on any atom is 0.173 e. The molecule has 0 aliphatic heterocycles. The molecule has 0 saturated heterocycles. The Kier molecular flexibility index (Phi) is 6.87. The van der Waals surface area contributed by atoms with Crippen LogP contribution in [0.1, 0.15) is 11.3 Å². The van der Waals surface area contributed by atoms with Crippen molar-refractivity contribution in [3.8, 4) is 5.06 Å². The van der Waals surface area contributed by atoms with Crippen molar-refractivity contribution in [3.05, 3.63) is 17.0 Å². The number of rotatable bonds is 8. The Hall–Kier alpha value is -0.230. The second-order valence-electron chi connectivity index (χ2n) is 3.47. The maximum atomic E-state index is 8.94. The third-order valence-electron chi connectivity index (χ3n) is 2.25. The van der Waals surface area contributed by atoms with Gasteiger partial charge >= 0.3 is 0 Å². The molecule has 0 aromatic carbocycles. The first kappa shape index (κ1) is 13.8. The minimum atomic E-state index is 0.242. The minimum absolute atomic E-state index is 0.242. The Morgan fingerprint density at radius 3 is 2.94 bits per heavy atom. The summed E-state index contributed by atoms with van der Waals surface area (Å²) in [6, 6.07) is 4.44. The van der Waals surface area contributed by atoms with Crippen LogP contribution in [0.25, 0.3) is 0 Å². The lowest BCUT2D eigenvalue weighted by Gasteiger charge is -2.15. The van der Waals surface area contributed by atoms with E-state index in [4.69, 9.17) is 9.84 Å². The van der Waals surface area contributed by atoms with Crippen molar-refractivity contribution in [2.45, 2.75) is 19.0 Å². The molecular weight excluding hydrogens is 242 g/mol. The highest BCUT2D eigenvalue weighted by Crippen LogP contribution is 2.23.